The van der Waals surface area contributed by atoms with E-state index in [-0.39, 0.29) is 24.5 Å². The Bertz CT molecular complexity index is 1310. The minimum absolute atomic E-state index is 0.00879. The second-order valence-corrected chi connectivity index (χ2v) is 12.4. The van der Waals surface area contributed by atoms with Gasteiger partial charge in [-0.2, -0.15) is 0 Å². The van der Waals surface area contributed by atoms with Gasteiger partial charge in [0.15, 0.2) is 0 Å². The van der Waals surface area contributed by atoms with E-state index in [0.717, 1.165) is 16.7 Å². The van der Waals surface area contributed by atoms with Crippen LogP contribution in [0.5, 0.6) is 0 Å². The van der Waals surface area contributed by atoms with Crippen molar-refractivity contribution in [2.75, 3.05) is 26.2 Å². The molecule has 2 atom stereocenters. The molecule has 1 aliphatic rings. The first kappa shape index (κ1) is 33.5. The second kappa shape index (κ2) is 16.6. The normalized spacial score (nSPS) is 17.0. The quantitative estimate of drug-likeness (QED) is 0.229. The standard InChI is InChI=1S/C36H46N4O5/c1-36(2,3)45-35(43)38-24-30-21-23-40(25-31(28-16-9-5-10-17-28)29-18-11-6-12-19-29)33(41)32(39-30)20-13-22-37-34(42)44-26-27-14-7-4-8-15-27/h4-12,14-19,30-32,39H,13,20-26H2,1-3H3,(H,37,42)(H,38,43)/t30?,32-/m0/s1. The number of carbonyl (C=O) groups is 3. The van der Waals surface area contributed by atoms with E-state index in [9.17, 15) is 14.4 Å². The number of hydrogen-bond acceptors (Lipinski definition) is 6. The average molecular weight is 615 g/mol. The van der Waals surface area contributed by atoms with Crippen molar-refractivity contribution in [3.8, 4) is 0 Å². The van der Waals surface area contributed by atoms with Gasteiger partial charge in [0.1, 0.15) is 12.2 Å². The largest absolute Gasteiger partial charge is 0.445 e. The Labute approximate surface area is 266 Å². The average Bonchev–Trinajstić information content (AvgIpc) is 3.18. The predicted octanol–water partition coefficient (Wildman–Crippen LogP) is 5.61. The lowest BCUT2D eigenvalue weighted by atomic mass is 9.90. The molecule has 3 N–H and O–H groups in total. The molecule has 3 amide bonds. The van der Waals surface area contributed by atoms with E-state index in [1.54, 1.807) is 0 Å². The molecule has 240 valence electrons. The summed E-state index contributed by atoms with van der Waals surface area (Å²) < 4.78 is 10.7. The molecule has 9 heteroatoms. The van der Waals surface area contributed by atoms with Crippen LogP contribution in [0.3, 0.4) is 0 Å². The molecule has 4 rings (SSSR count). The second-order valence-electron chi connectivity index (χ2n) is 12.4. The molecular formula is C36H46N4O5. The topological polar surface area (TPSA) is 109 Å². The minimum Gasteiger partial charge on any atom is -0.445 e. The van der Waals surface area contributed by atoms with Gasteiger partial charge >= 0.3 is 12.2 Å². The maximum Gasteiger partial charge on any atom is 0.407 e. The molecule has 1 saturated heterocycles. The van der Waals surface area contributed by atoms with Crippen molar-refractivity contribution in [1.82, 2.24) is 20.9 Å². The number of rotatable bonds is 12. The molecule has 1 heterocycles. The highest BCUT2D eigenvalue weighted by Crippen LogP contribution is 2.27. The van der Waals surface area contributed by atoms with Crippen LogP contribution in [0.2, 0.25) is 0 Å². The summed E-state index contributed by atoms with van der Waals surface area (Å²) in [6.07, 6.45) is 0.773. The van der Waals surface area contributed by atoms with Crippen molar-refractivity contribution < 1.29 is 23.9 Å². The third kappa shape index (κ3) is 11.2. The van der Waals surface area contributed by atoms with Crippen molar-refractivity contribution in [2.24, 2.45) is 0 Å². The zero-order chi connectivity index (χ0) is 32.1. The van der Waals surface area contributed by atoms with Gasteiger partial charge in [-0.3, -0.25) is 4.79 Å². The predicted molar refractivity (Wildman–Crippen MR) is 175 cm³/mol. The van der Waals surface area contributed by atoms with Crippen molar-refractivity contribution >= 4 is 18.1 Å². The third-order valence-electron chi connectivity index (χ3n) is 7.64. The molecule has 0 bridgehead atoms. The summed E-state index contributed by atoms with van der Waals surface area (Å²) in [5.74, 6) is 0.0211. The first-order valence-electron chi connectivity index (χ1n) is 15.7. The van der Waals surface area contributed by atoms with Gasteiger partial charge in [0, 0.05) is 38.1 Å². The zero-order valence-electron chi connectivity index (χ0n) is 26.5. The van der Waals surface area contributed by atoms with Crippen LogP contribution in [0.25, 0.3) is 0 Å². The van der Waals surface area contributed by atoms with Crippen LogP contribution in [0, 0.1) is 0 Å². The van der Waals surface area contributed by atoms with Crippen LogP contribution in [0.4, 0.5) is 9.59 Å². The van der Waals surface area contributed by atoms with E-state index < -0.39 is 23.8 Å². The van der Waals surface area contributed by atoms with Crippen molar-refractivity contribution in [1.29, 1.82) is 0 Å². The Hall–Kier alpha value is -4.37. The molecule has 1 aliphatic heterocycles. The summed E-state index contributed by atoms with van der Waals surface area (Å²) in [5.41, 5.74) is 2.60. The Balaban J connectivity index is 1.41. The SMILES string of the molecule is CC(C)(C)OC(=O)NCC1CCN(CC(c2ccccc2)c2ccccc2)C(=O)[C@H](CCCNC(=O)OCc2ccccc2)N1. The van der Waals surface area contributed by atoms with E-state index in [1.165, 1.54) is 0 Å². The van der Waals surface area contributed by atoms with Gasteiger partial charge in [0.2, 0.25) is 5.91 Å². The minimum atomic E-state index is -0.602. The highest BCUT2D eigenvalue weighted by Gasteiger charge is 2.33. The Morgan fingerprint density at radius 1 is 0.889 bits per heavy atom. The molecule has 0 aromatic heterocycles. The van der Waals surface area contributed by atoms with Crippen molar-refractivity contribution in [3.63, 3.8) is 0 Å². The highest BCUT2D eigenvalue weighted by atomic mass is 16.6. The van der Waals surface area contributed by atoms with E-state index in [1.807, 2.05) is 92.4 Å². The number of ether oxygens (including phenoxy) is 2. The van der Waals surface area contributed by atoms with E-state index in [4.69, 9.17) is 9.47 Å². The van der Waals surface area contributed by atoms with Crippen LogP contribution in [0.1, 0.15) is 62.6 Å². The van der Waals surface area contributed by atoms with E-state index in [0.29, 0.717) is 45.4 Å². The number of alkyl carbamates (subject to hydrolysis) is 2. The van der Waals surface area contributed by atoms with Gasteiger partial charge < -0.3 is 30.3 Å². The molecule has 0 saturated carbocycles. The lowest BCUT2D eigenvalue weighted by Gasteiger charge is -2.29. The fourth-order valence-electron chi connectivity index (χ4n) is 5.42. The monoisotopic (exact) mass is 614 g/mol. The number of nitrogens with zero attached hydrogens (tertiary/aromatic N) is 1. The van der Waals surface area contributed by atoms with Crippen LogP contribution in [0.15, 0.2) is 91.0 Å². The molecule has 3 aromatic rings. The summed E-state index contributed by atoms with van der Waals surface area (Å²) in [7, 11) is 0. The van der Waals surface area contributed by atoms with Gasteiger partial charge in [0.05, 0.1) is 6.04 Å². The Morgan fingerprint density at radius 3 is 2.09 bits per heavy atom. The smallest absolute Gasteiger partial charge is 0.407 e. The first-order valence-corrected chi connectivity index (χ1v) is 15.7. The van der Waals surface area contributed by atoms with E-state index in [2.05, 4.69) is 40.2 Å². The zero-order valence-corrected chi connectivity index (χ0v) is 26.5. The van der Waals surface area contributed by atoms with Crippen LogP contribution in [-0.4, -0.2) is 66.9 Å². The summed E-state index contributed by atoms with van der Waals surface area (Å²) in [4.78, 5) is 40.6. The summed E-state index contributed by atoms with van der Waals surface area (Å²) in [5, 5.41) is 9.15. The van der Waals surface area contributed by atoms with E-state index >= 15 is 0 Å². The van der Waals surface area contributed by atoms with Gasteiger partial charge in [-0.25, -0.2) is 9.59 Å². The van der Waals surface area contributed by atoms with Gasteiger partial charge in [0.25, 0.3) is 0 Å². The maximum absolute atomic E-state index is 14.0. The summed E-state index contributed by atoms with van der Waals surface area (Å²) in [6.45, 7) is 7.44. The number of benzene rings is 3. The first-order chi connectivity index (χ1) is 21.7. The number of hydrogen-bond donors (Lipinski definition) is 3. The van der Waals surface area contributed by atoms with Crippen molar-refractivity contribution in [2.45, 2.75) is 70.2 Å². The maximum atomic E-state index is 14.0. The number of nitrogens with one attached hydrogen (secondary N) is 3. The Kier molecular flexibility index (Phi) is 12.4. The molecule has 0 spiro atoms. The number of amides is 3. The molecular weight excluding hydrogens is 568 g/mol. The fourth-order valence-corrected chi connectivity index (χ4v) is 5.42. The molecule has 45 heavy (non-hydrogen) atoms. The summed E-state index contributed by atoms with van der Waals surface area (Å²) in [6, 6.07) is 29.4. The van der Waals surface area contributed by atoms with Crippen LogP contribution >= 0.6 is 0 Å². The van der Waals surface area contributed by atoms with Gasteiger partial charge in [-0.05, 0) is 56.7 Å². The lowest BCUT2D eigenvalue weighted by Crippen LogP contribution is -2.49. The Morgan fingerprint density at radius 2 is 1.49 bits per heavy atom. The van der Waals surface area contributed by atoms with Crippen molar-refractivity contribution in [3.05, 3.63) is 108 Å². The van der Waals surface area contributed by atoms with Gasteiger partial charge in [-0.15, -0.1) is 0 Å². The third-order valence-corrected chi connectivity index (χ3v) is 7.64. The molecule has 0 radical (unpaired) electrons. The summed E-state index contributed by atoms with van der Waals surface area (Å²) >= 11 is 0. The van der Waals surface area contributed by atoms with Gasteiger partial charge in [-0.1, -0.05) is 91.0 Å². The molecule has 9 nitrogen and oxygen atoms in total. The molecule has 3 aromatic carbocycles. The van der Waals surface area contributed by atoms with Crippen LogP contribution in [-0.2, 0) is 20.9 Å². The van der Waals surface area contributed by atoms with Crippen LogP contribution < -0.4 is 16.0 Å². The number of carbonyl (C=O) groups excluding carboxylic acids is 3. The fraction of sp³-hybridized carbons (Fsp3) is 0.417. The lowest BCUT2D eigenvalue weighted by molar-refractivity contribution is -0.133. The molecule has 0 aliphatic carbocycles. The molecule has 1 fully saturated rings. The highest BCUT2D eigenvalue weighted by molar-refractivity contribution is 5.82. The molecule has 1 unspecified atom stereocenters.